The van der Waals surface area contributed by atoms with Crippen molar-refractivity contribution in [3.8, 4) is 0 Å². The number of ether oxygens (including phenoxy) is 2. The minimum absolute atomic E-state index is 0.0742. The molecule has 4 aromatic rings. The smallest absolute Gasteiger partial charge is 0.252 e. The molecule has 2 aromatic carbocycles. The predicted octanol–water partition coefficient (Wildman–Crippen LogP) is 6.18. The third kappa shape index (κ3) is 6.72. The number of nitrogens with zero attached hydrogens (tertiary/aromatic N) is 2. The summed E-state index contributed by atoms with van der Waals surface area (Å²) >= 11 is 0. The Morgan fingerprint density at radius 1 is 0.690 bits per heavy atom. The number of aromatic nitrogens is 2. The second kappa shape index (κ2) is 13.9. The van der Waals surface area contributed by atoms with Gasteiger partial charge in [-0.3, -0.25) is 19.6 Å². The van der Waals surface area contributed by atoms with E-state index in [1.807, 2.05) is 48.5 Å². The molecule has 2 aliphatic heterocycles. The van der Waals surface area contributed by atoms with E-state index in [-0.39, 0.29) is 24.0 Å². The molecule has 0 spiro atoms. The van der Waals surface area contributed by atoms with Crippen molar-refractivity contribution in [2.75, 3.05) is 26.3 Å². The summed E-state index contributed by atoms with van der Waals surface area (Å²) in [5, 5.41) is 7.71. The largest absolute Gasteiger partial charge is 0.376 e. The number of pyridine rings is 2. The first kappa shape index (κ1) is 28.9. The zero-order valence-electron chi connectivity index (χ0n) is 23.3. The molecule has 2 N–H and O–H groups in total. The van der Waals surface area contributed by atoms with Crippen molar-refractivity contribution in [2.45, 2.75) is 60.5 Å². The number of hydrogen-bond donors (Lipinski definition) is 2. The summed E-state index contributed by atoms with van der Waals surface area (Å²) in [6, 6.07) is 15.2. The van der Waals surface area contributed by atoms with E-state index in [9.17, 15) is 9.59 Å². The molecule has 42 heavy (non-hydrogen) atoms. The van der Waals surface area contributed by atoms with E-state index in [0.717, 1.165) is 83.3 Å². The fourth-order valence-corrected chi connectivity index (χ4v) is 7.71. The number of fused-ring (bicyclic) bond motifs is 2. The fraction of sp³-hybridized carbons (Fsp3) is 0.375. The van der Waals surface area contributed by atoms with E-state index < -0.39 is 0 Å². The first-order chi connectivity index (χ1) is 20.7. The normalized spacial score (nSPS) is 19.0. The molecule has 2 amide bonds. The Hall–Kier alpha value is -3.18. The summed E-state index contributed by atoms with van der Waals surface area (Å²) < 4.78 is 11.5. The Balaban J connectivity index is 1.17. The van der Waals surface area contributed by atoms with Gasteiger partial charge in [0.1, 0.15) is 0 Å². The van der Waals surface area contributed by atoms with Crippen molar-refractivity contribution in [2.24, 2.45) is 0 Å². The highest BCUT2D eigenvalue weighted by atomic mass is 33.1. The van der Waals surface area contributed by atoms with Gasteiger partial charge in [-0.1, -0.05) is 33.7 Å². The molecular weight excluding hydrogens is 569 g/mol. The van der Waals surface area contributed by atoms with E-state index in [4.69, 9.17) is 9.47 Å². The van der Waals surface area contributed by atoms with E-state index in [1.54, 1.807) is 34.0 Å². The van der Waals surface area contributed by atoms with Gasteiger partial charge in [-0.2, -0.15) is 0 Å². The lowest BCUT2D eigenvalue weighted by atomic mass is 10.1. The molecule has 8 nitrogen and oxygen atoms in total. The van der Waals surface area contributed by atoms with Crippen LogP contribution in [0.15, 0.2) is 70.7 Å². The lowest BCUT2D eigenvalue weighted by Crippen LogP contribution is -2.35. The van der Waals surface area contributed by atoms with Gasteiger partial charge in [0, 0.05) is 70.4 Å². The van der Waals surface area contributed by atoms with Crippen molar-refractivity contribution in [3.63, 3.8) is 0 Å². The highest BCUT2D eigenvalue weighted by Gasteiger charge is 2.20. The first-order valence-corrected chi connectivity index (χ1v) is 16.7. The number of nitrogens with one attached hydrogen (secondary N) is 2. The van der Waals surface area contributed by atoms with Crippen LogP contribution in [0.4, 0.5) is 0 Å². The predicted molar refractivity (Wildman–Crippen MR) is 167 cm³/mol. The number of rotatable bonds is 9. The maximum atomic E-state index is 13.1. The molecule has 218 valence electrons. The molecule has 2 aliphatic rings. The zero-order chi connectivity index (χ0) is 28.7. The van der Waals surface area contributed by atoms with Crippen LogP contribution in [0.3, 0.4) is 0 Å². The Morgan fingerprint density at radius 2 is 1.17 bits per heavy atom. The molecular formula is C32H34N4O4S2. The van der Waals surface area contributed by atoms with Crippen molar-refractivity contribution >= 4 is 55.2 Å². The minimum atomic E-state index is -0.120. The number of hydrogen-bond acceptors (Lipinski definition) is 8. The molecule has 0 radical (unpaired) electrons. The molecule has 2 aromatic heterocycles. The number of carbonyl (C=O) groups excluding carboxylic acids is 2. The number of amides is 2. The number of carbonyl (C=O) groups is 2. The highest BCUT2D eigenvalue weighted by molar-refractivity contribution is 8.76. The average Bonchev–Trinajstić information content (AvgIpc) is 3.05. The van der Waals surface area contributed by atoms with Gasteiger partial charge in [0.25, 0.3) is 11.8 Å². The van der Waals surface area contributed by atoms with Crippen molar-refractivity contribution in [1.29, 1.82) is 0 Å². The highest BCUT2D eigenvalue weighted by Crippen LogP contribution is 2.43. The van der Waals surface area contributed by atoms with Crippen LogP contribution < -0.4 is 10.6 Å². The van der Waals surface area contributed by atoms with Crippen molar-refractivity contribution in [3.05, 3.63) is 72.1 Å². The van der Waals surface area contributed by atoms with Gasteiger partial charge in [0.15, 0.2) is 0 Å². The summed E-state index contributed by atoms with van der Waals surface area (Å²) in [5.41, 5.74) is 2.75. The van der Waals surface area contributed by atoms with Crippen LogP contribution in [0.25, 0.3) is 21.8 Å². The van der Waals surface area contributed by atoms with Crippen LogP contribution in [0.5, 0.6) is 0 Å². The lowest BCUT2D eigenvalue weighted by Gasteiger charge is -2.23. The third-order valence-corrected chi connectivity index (χ3v) is 10.1. The summed E-state index contributed by atoms with van der Waals surface area (Å²) in [4.78, 5) is 37.4. The summed E-state index contributed by atoms with van der Waals surface area (Å²) in [6.45, 7) is 2.53. The van der Waals surface area contributed by atoms with E-state index in [1.165, 1.54) is 0 Å². The minimum Gasteiger partial charge on any atom is -0.376 e. The van der Waals surface area contributed by atoms with Crippen molar-refractivity contribution in [1.82, 2.24) is 20.6 Å². The molecule has 0 aliphatic carbocycles. The quantitative estimate of drug-likeness (QED) is 0.219. The molecule has 2 fully saturated rings. The Kier molecular flexibility index (Phi) is 9.54. The van der Waals surface area contributed by atoms with Crippen LogP contribution in [0, 0.1) is 0 Å². The second-order valence-electron chi connectivity index (χ2n) is 10.6. The number of benzene rings is 2. The third-order valence-electron chi connectivity index (χ3n) is 7.70. The van der Waals surface area contributed by atoms with Crippen LogP contribution >= 0.6 is 21.6 Å². The first-order valence-electron chi connectivity index (χ1n) is 14.6. The Bertz CT molecular complexity index is 1450. The van der Waals surface area contributed by atoms with Gasteiger partial charge in [0.2, 0.25) is 0 Å². The molecule has 2 unspecified atom stereocenters. The molecule has 6 rings (SSSR count). The van der Waals surface area contributed by atoms with Crippen molar-refractivity contribution < 1.29 is 19.1 Å². The SMILES string of the molecule is O=C(NCC1CCCCO1)c1ccc(SSc2ccc(C(=O)NCC3CCCCO3)c3cccnc23)c2ncccc12. The van der Waals surface area contributed by atoms with Gasteiger partial charge in [-0.15, -0.1) is 0 Å². The van der Waals surface area contributed by atoms with Gasteiger partial charge >= 0.3 is 0 Å². The molecule has 10 heteroatoms. The molecule has 0 saturated carbocycles. The second-order valence-corrected chi connectivity index (χ2v) is 12.8. The maximum Gasteiger partial charge on any atom is 0.252 e. The van der Waals surface area contributed by atoms with Crippen LogP contribution in [-0.2, 0) is 9.47 Å². The summed E-state index contributed by atoms with van der Waals surface area (Å²) in [6.07, 6.45) is 10.0. The zero-order valence-corrected chi connectivity index (χ0v) is 25.0. The standard InChI is InChI=1S/C32H34N4O4S2/c37-31(35-19-21-7-1-3-17-39-21)25-11-13-27(29-23(25)9-5-15-33-29)41-42-28-14-12-26(24-10-6-16-34-30(24)28)32(38)36-20-22-8-2-4-18-40-22/h5-6,9-16,21-22H,1-4,7-8,17-20H2,(H,35,37)(H,36,38). The van der Waals surface area contributed by atoms with E-state index in [2.05, 4.69) is 20.6 Å². The van der Waals surface area contributed by atoms with Gasteiger partial charge in [0.05, 0.1) is 23.2 Å². The monoisotopic (exact) mass is 602 g/mol. The topological polar surface area (TPSA) is 102 Å². The molecule has 4 heterocycles. The van der Waals surface area contributed by atoms with Gasteiger partial charge in [-0.05, 0) is 74.9 Å². The average molecular weight is 603 g/mol. The lowest BCUT2D eigenvalue weighted by molar-refractivity contribution is 0.0169. The van der Waals surface area contributed by atoms with E-state index >= 15 is 0 Å². The van der Waals surface area contributed by atoms with E-state index in [0.29, 0.717) is 24.2 Å². The summed E-state index contributed by atoms with van der Waals surface area (Å²) in [7, 11) is 3.13. The fourth-order valence-electron chi connectivity index (χ4n) is 5.45. The maximum absolute atomic E-state index is 13.1. The molecule has 0 bridgehead atoms. The van der Waals surface area contributed by atoms with Crippen LogP contribution in [0.2, 0.25) is 0 Å². The van der Waals surface area contributed by atoms with Crippen LogP contribution in [-0.4, -0.2) is 60.3 Å². The Morgan fingerprint density at radius 3 is 1.60 bits per heavy atom. The molecule has 2 atom stereocenters. The van der Waals surface area contributed by atoms with Gasteiger partial charge in [-0.25, -0.2) is 0 Å². The summed E-state index contributed by atoms with van der Waals surface area (Å²) in [5.74, 6) is -0.240. The molecule has 2 saturated heterocycles. The van der Waals surface area contributed by atoms with Gasteiger partial charge < -0.3 is 20.1 Å². The Labute approximate surface area is 253 Å². The van der Waals surface area contributed by atoms with Crippen LogP contribution in [0.1, 0.15) is 59.2 Å².